The third kappa shape index (κ3) is 9.65. The van der Waals surface area contributed by atoms with Crippen molar-refractivity contribution in [3.8, 4) is 0 Å². The lowest BCUT2D eigenvalue weighted by Gasteiger charge is -2.27. The molecule has 0 radical (unpaired) electrons. The molecule has 4 rings (SSSR count). The molecule has 4 aromatic carbocycles. The molecule has 0 aromatic heterocycles. The molecule has 0 aliphatic heterocycles. The standard InChI is InChI=1S/C37H41N2O5P.ClH/c1-28(2)26-34(36(41)43-3)38-35(40)33(27-29-16-8-4-9-17-29)39-37(42)44-24-25-45(30-18-10-5-11-19-30,31-20-12-6-13-21-31)32-22-14-7-15-23-32;/h4-23,28,33-34H,24-27H2,1-3H3,(H-,38,39,40,42);1H. The third-order valence-electron chi connectivity index (χ3n) is 7.65. The van der Waals surface area contributed by atoms with Crippen molar-refractivity contribution in [2.24, 2.45) is 5.92 Å². The molecule has 2 atom stereocenters. The maximum absolute atomic E-state index is 13.5. The Hall–Kier alpha value is -4.19. The van der Waals surface area contributed by atoms with E-state index in [0.717, 1.165) is 5.56 Å². The second kappa shape index (κ2) is 18.1. The maximum Gasteiger partial charge on any atom is 0.407 e. The minimum Gasteiger partial charge on any atom is -1.00 e. The van der Waals surface area contributed by atoms with Crippen LogP contribution in [0.3, 0.4) is 0 Å². The molecule has 9 heteroatoms. The van der Waals surface area contributed by atoms with E-state index >= 15 is 0 Å². The average Bonchev–Trinajstić information content (AvgIpc) is 3.07. The fourth-order valence-corrected chi connectivity index (χ4v) is 9.58. The van der Waals surface area contributed by atoms with Crippen molar-refractivity contribution in [3.63, 3.8) is 0 Å². The van der Waals surface area contributed by atoms with Crippen LogP contribution in [0.25, 0.3) is 0 Å². The number of halogens is 1. The maximum atomic E-state index is 13.5. The number of esters is 1. The van der Waals surface area contributed by atoms with Gasteiger partial charge in [0.1, 0.15) is 48.0 Å². The van der Waals surface area contributed by atoms with Crippen LogP contribution in [0, 0.1) is 5.92 Å². The van der Waals surface area contributed by atoms with E-state index in [1.54, 1.807) is 0 Å². The molecule has 0 fully saturated rings. The largest absolute Gasteiger partial charge is 1.00 e. The number of ether oxygens (including phenoxy) is 2. The summed E-state index contributed by atoms with van der Waals surface area (Å²) in [5.41, 5.74) is 0.860. The molecular formula is C37H42ClN2O5P. The first-order valence-corrected chi connectivity index (χ1v) is 17.2. The summed E-state index contributed by atoms with van der Waals surface area (Å²) in [5, 5.41) is 9.13. The number of carbonyl (C=O) groups excluding carboxylic acids is 3. The highest BCUT2D eigenvalue weighted by Crippen LogP contribution is 2.54. The predicted octanol–water partition coefficient (Wildman–Crippen LogP) is 2.03. The van der Waals surface area contributed by atoms with E-state index in [1.807, 2.05) is 98.8 Å². The summed E-state index contributed by atoms with van der Waals surface area (Å²) >= 11 is 0. The number of alkyl carbamates (subject to hydrolysis) is 1. The highest BCUT2D eigenvalue weighted by atomic mass is 35.5. The Labute approximate surface area is 278 Å². The number of benzene rings is 4. The second-order valence-electron chi connectivity index (χ2n) is 11.3. The predicted molar refractivity (Wildman–Crippen MR) is 182 cm³/mol. The fraction of sp³-hybridized carbons (Fsp3) is 0.270. The zero-order chi connectivity index (χ0) is 32.1. The lowest BCUT2D eigenvalue weighted by molar-refractivity contribution is -0.145. The number of methoxy groups -OCH3 is 1. The smallest absolute Gasteiger partial charge is 0.407 e. The van der Waals surface area contributed by atoms with Gasteiger partial charge in [0.05, 0.1) is 7.11 Å². The van der Waals surface area contributed by atoms with Crippen molar-refractivity contribution < 1.29 is 36.3 Å². The van der Waals surface area contributed by atoms with Crippen molar-refractivity contribution in [1.29, 1.82) is 0 Å². The molecule has 242 valence electrons. The number of hydrogen-bond acceptors (Lipinski definition) is 5. The molecule has 2 amide bonds. The molecule has 2 N–H and O–H groups in total. The van der Waals surface area contributed by atoms with Gasteiger partial charge in [0.2, 0.25) is 5.91 Å². The molecule has 46 heavy (non-hydrogen) atoms. The van der Waals surface area contributed by atoms with Crippen LogP contribution in [-0.4, -0.2) is 49.9 Å². The van der Waals surface area contributed by atoms with Crippen LogP contribution in [0.4, 0.5) is 4.79 Å². The van der Waals surface area contributed by atoms with Gasteiger partial charge >= 0.3 is 12.1 Å². The van der Waals surface area contributed by atoms with E-state index in [-0.39, 0.29) is 31.4 Å². The molecule has 4 aromatic rings. The van der Waals surface area contributed by atoms with Gasteiger partial charge < -0.3 is 32.5 Å². The third-order valence-corrected chi connectivity index (χ3v) is 12.0. The van der Waals surface area contributed by atoms with Gasteiger partial charge in [-0.3, -0.25) is 4.79 Å². The van der Waals surface area contributed by atoms with Crippen LogP contribution in [-0.2, 0) is 25.5 Å². The molecule has 0 bridgehead atoms. The van der Waals surface area contributed by atoms with Gasteiger partial charge in [0.25, 0.3) is 0 Å². The summed E-state index contributed by atoms with van der Waals surface area (Å²) in [6, 6.07) is 38.7. The van der Waals surface area contributed by atoms with E-state index in [2.05, 4.69) is 47.0 Å². The Morgan fingerprint density at radius 2 is 1.13 bits per heavy atom. The number of rotatable bonds is 14. The molecule has 0 aliphatic rings. The van der Waals surface area contributed by atoms with Gasteiger partial charge in [0, 0.05) is 6.42 Å². The van der Waals surface area contributed by atoms with Gasteiger partial charge in [-0.05, 0) is 54.3 Å². The van der Waals surface area contributed by atoms with E-state index in [1.165, 1.54) is 23.0 Å². The van der Waals surface area contributed by atoms with Crippen LogP contribution in [0.15, 0.2) is 121 Å². The Morgan fingerprint density at radius 3 is 1.57 bits per heavy atom. The van der Waals surface area contributed by atoms with Crippen molar-refractivity contribution in [2.45, 2.75) is 38.8 Å². The Bertz CT molecular complexity index is 1410. The number of amides is 2. The van der Waals surface area contributed by atoms with E-state index < -0.39 is 37.3 Å². The highest BCUT2D eigenvalue weighted by Gasteiger charge is 2.45. The number of hydrogen-bond donors (Lipinski definition) is 2. The summed E-state index contributed by atoms with van der Waals surface area (Å²) in [6.45, 7) is 4.06. The van der Waals surface area contributed by atoms with Crippen LogP contribution in [0.5, 0.6) is 0 Å². The first-order valence-electron chi connectivity index (χ1n) is 15.2. The Kier molecular flexibility index (Phi) is 14.3. The van der Waals surface area contributed by atoms with E-state index in [0.29, 0.717) is 12.6 Å². The molecule has 2 unspecified atom stereocenters. The zero-order valence-electron chi connectivity index (χ0n) is 26.5. The molecule has 7 nitrogen and oxygen atoms in total. The average molecular weight is 661 g/mol. The SMILES string of the molecule is COC(=O)C(CC(C)C)NC(=O)C(Cc1ccccc1)NC(=O)OCC[P+](c1ccccc1)(c1ccccc1)c1ccccc1.[Cl-]. The molecule has 0 saturated heterocycles. The van der Waals surface area contributed by atoms with Crippen molar-refractivity contribution >= 4 is 41.1 Å². The van der Waals surface area contributed by atoms with Crippen LogP contribution < -0.4 is 39.0 Å². The summed E-state index contributed by atoms with van der Waals surface area (Å²) in [6.07, 6.45) is 0.515. The lowest BCUT2D eigenvalue weighted by atomic mass is 10.0. The summed E-state index contributed by atoms with van der Waals surface area (Å²) in [7, 11) is -0.907. The van der Waals surface area contributed by atoms with E-state index in [9.17, 15) is 14.4 Å². The topological polar surface area (TPSA) is 93.7 Å². The molecule has 0 spiro atoms. The summed E-state index contributed by atoms with van der Waals surface area (Å²) in [5.74, 6) is -0.866. The van der Waals surface area contributed by atoms with Crippen molar-refractivity contribution in [2.75, 3.05) is 19.9 Å². The van der Waals surface area contributed by atoms with Gasteiger partial charge in [-0.1, -0.05) is 98.8 Å². The van der Waals surface area contributed by atoms with Crippen LogP contribution >= 0.6 is 7.26 Å². The monoisotopic (exact) mass is 660 g/mol. The van der Waals surface area contributed by atoms with Gasteiger partial charge in [0.15, 0.2) is 0 Å². The van der Waals surface area contributed by atoms with Gasteiger partial charge in [-0.2, -0.15) is 0 Å². The lowest BCUT2D eigenvalue weighted by Crippen LogP contribution is -3.00. The van der Waals surface area contributed by atoms with Crippen molar-refractivity contribution in [3.05, 3.63) is 127 Å². The number of carbonyl (C=O) groups is 3. The Balaban J connectivity index is 0.00000576. The second-order valence-corrected chi connectivity index (χ2v) is 14.9. The minimum atomic E-state index is -2.20. The van der Waals surface area contributed by atoms with Gasteiger partial charge in [-0.25, -0.2) is 9.59 Å². The first-order chi connectivity index (χ1) is 21.8. The van der Waals surface area contributed by atoms with Crippen LogP contribution in [0.2, 0.25) is 0 Å². The fourth-order valence-electron chi connectivity index (χ4n) is 5.50. The van der Waals surface area contributed by atoms with Crippen molar-refractivity contribution in [1.82, 2.24) is 10.6 Å². The minimum absolute atomic E-state index is 0. The summed E-state index contributed by atoms with van der Waals surface area (Å²) in [4.78, 5) is 39.2. The number of nitrogens with one attached hydrogen (secondary N) is 2. The molecule has 0 heterocycles. The quantitative estimate of drug-likeness (QED) is 0.160. The van der Waals surface area contributed by atoms with Gasteiger partial charge in [-0.15, -0.1) is 0 Å². The summed E-state index contributed by atoms with van der Waals surface area (Å²) < 4.78 is 10.7. The normalized spacial score (nSPS) is 12.3. The van der Waals surface area contributed by atoms with E-state index in [4.69, 9.17) is 9.47 Å². The van der Waals surface area contributed by atoms with Crippen LogP contribution in [0.1, 0.15) is 25.8 Å². The molecular weight excluding hydrogens is 619 g/mol. The molecule has 0 saturated carbocycles. The highest BCUT2D eigenvalue weighted by molar-refractivity contribution is 7.95. The Morgan fingerprint density at radius 1 is 0.674 bits per heavy atom. The first kappa shape index (κ1) is 36.3. The molecule has 0 aliphatic carbocycles. The zero-order valence-corrected chi connectivity index (χ0v) is 28.1.